The summed E-state index contributed by atoms with van der Waals surface area (Å²) in [6, 6.07) is 10.1. The molecule has 0 saturated carbocycles. The lowest BCUT2D eigenvalue weighted by Gasteiger charge is -1.98. The monoisotopic (exact) mass is 160 g/mol. The van der Waals surface area contributed by atoms with Gasteiger partial charge in [-0.25, -0.2) is 0 Å². The van der Waals surface area contributed by atoms with Crippen LogP contribution in [0, 0.1) is 0 Å². The van der Waals surface area contributed by atoms with Gasteiger partial charge in [0.15, 0.2) is 0 Å². The summed E-state index contributed by atoms with van der Waals surface area (Å²) in [7, 11) is 0. The third-order valence-corrected chi connectivity index (χ3v) is 1.68. The highest BCUT2D eigenvalue weighted by atomic mass is 16.1. The van der Waals surface area contributed by atoms with Gasteiger partial charge in [-0.1, -0.05) is 35.9 Å². The van der Waals surface area contributed by atoms with Crippen molar-refractivity contribution in [2.45, 2.75) is 13.3 Å². The summed E-state index contributed by atoms with van der Waals surface area (Å²) >= 11 is 0. The molecule has 0 atom stereocenters. The molecule has 0 aliphatic carbocycles. The summed E-state index contributed by atoms with van der Waals surface area (Å²) < 4.78 is 0. The highest BCUT2D eigenvalue weighted by Crippen LogP contribution is 2.05. The second-order valence-electron chi connectivity index (χ2n) is 2.81. The van der Waals surface area contributed by atoms with Crippen molar-refractivity contribution in [2.75, 3.05) is 0 Å². The first kappa shape index (κ1) is 8.72. The van der Waals surface area contributed by atoms with Gasteiger partial charge < -0.3 is 0 Å². The summed E-state index contributed by atoms with van der Waals surface area (Å²) in [6.07, 6.45) is 3.30. The van der Waals surface area contributed by atoms with Crippen LogP contribution in [-0.2, 0) is 11.2 Å². The fourth-order valence-electron chi connectivity index (χ4n) is 1.09. The van der Waals surface area contributed by atoms with E-state index in [2.05, 4.69) is 12.1 Å². The lowest BCUT2D eigenvalue weighted by molar-refractivity contribution is -0.104. The molecule has 0 aliphatic rings. The second kappa shape index (κ2) is 4.50. The molecule has 0 spiro atoms. The minimum absolute atomic E-state index is 0.832. The standard InChI is InChI=1S/C11H12O/c1-10(7-8-12)9-11-5-3-2-4-6-11/h2-8H,9H2,1H3. The molecule has 0 radical (unpaired) electrons. The molecule has 1 nitrogen and oxygen atoms in total. The van der Waals surface area contributed by atoms with Gasteiger partial charge in [-0.15, -0.1) is 0 Å². The van der Waals surface area contributed by atoms with Crippen molar-refractivity contribution in [1.82, 2.24) is 0 Å². The van der Waals surface area contributed by atoms with E-state index in [4.69, 9.17) is 0 Å². The number of hydrogen-bond donors (Lipinski definition) is 0. The fraction of sp³-hybridized carbons (Fsp3) is 0.182. The number of benzene rings is 1. The number of carbonyl (C=O) groups excluding carboxylic acids is 1. The van der Waals surface area contributed by atoms with Crippen LogP contribution in [0.4, 0.5) is 0 Å². The quantitative estimate of drug-likeness (QED) is 0.490. The first-order valence-corrected chi connectivity index (χ1v) is 3.98. The molecule has 0 fully saturated rings. The van der Waals surface area contributed by atoms with Gasteiger partial charge in [-0.05, 0) is 25.0 Å². The molecule has 62 valence electrons. The first-order chi connectivity index (χ1) is 5.83. The van der Waals surface area contributed by atoms with Gasteiger partial charge in [0, 0.05) is 0 Å². The smallest absolute Gasteiger partial charge is 0.142 e. The van der Waals surface area contributed by atoms with Gasteiger partial charge in [0.1, 0.15) is 6.29 Å². The van der Waals surface area contributed by atoms with Gasteiger partial charge in [0.25, 0.3) is 0 Å². The predicted octanol–water partition coefficient (Wildman–Crippen LogP) is 2.37. The maximum atomic E-state index is 10.1. The summed E-state index contributed by atoms with van der Waals surface area (Å²) in [5, 5.41) is 0. The number of carbonyl (C=O) groups is 1. The van der Waals surface area contributed by atoms with Gasteiger partial charge >= 0.3 is 0 Å². The Labute approximate surface area is 72.7 Å². The van der Waals surface area contributed by atoms with Crippen molar-refractivity contribution in [2.24, 2.45) is 0 Å². The molecule has 0 heterocycles. The van der Waals surface area contributed by atoms with E-state index in [0.717, 1.165) is 18.3 Å². The normalized spacial score (nSPS) is 11.2. The SMILES string of the molecule is CC(=CC=O)Cc1ccccc1. The van der Waals surface area contributed by atoms with Crippen molar-refractivity contribution in [3.05, 3.63) is 47.5 Å². The first-order valence-electron chi connectivity index (χ1n) is 3.98. The molecule has 0 aliphatic heterocycles. The van der Waals surface area contributed by atoms with Gasteiger partial charge in [-0.2, -0.15) is 0 Å². The van der Waals surface area contributed by atoms with E-state index >= 15 is 0 Å². The maximum Gasteiger partial charge on any atom is 0.142 e. The van der Waals surface area contributed by atoms with Crippen LogP contribution >= 0.6 is 0 Å². The Bertz CT molecular complexity index is 272. The Morgan fingerprint density at radius 3 is 2.58 bits per heavy atom. The van der Waals surface area contributed by atoms with E-state index in [-0.39, 0.29) is 0 Å². The van der Waals surface area contributed by atoms with Crippen LogP contribution in [0.5, 0.6) is 0 Å². The zero-order valence-corrected chi connectivity index (χ0v) is 7.16. The van der Waals surface area contributed by atoms with Gasteiger partial charge in [-0.3, -0.25) is 4.79 Å². The molecule has 12 heavy (non-hydrogen) atoms. The largest absolute Gasteiger partial charge is 0.299 e. The topological polar surface area (TPSA) is 17.1 Å². The van der Waals surface area contributed by atoms with Crippen LogP contribution in [-0.4, -0.2) is 6.29 Å². The zero-order valence-electron chi connectivity index (χ0n) is 7.16. The Kier molecular flexibility index (Phi) is 3.27. The lowest BCUT2D eigenvalue weighted by atomic mass is 10.1. The lowest BCUT2D eigenvalue weighted by Crippen LogP contribution is -1.85. The molecule has 0 unspecified atom stereocenters. The Balaban J connectivity index is 2.64. The molecule has 0 N–H and O–H groups in total. The third-order valence-electron chi connectivity index (χ3n) is 1.68. The maximum absolute atomic E-state index is 10.1. The van der Waals surface area contributed by atoms with Crippen LogP contribution in [0.3, 0.4) is 0 Å². The van der Waals surface area contributed by atoms with Crippen molar-refractivity contribution >= 4 is 6.29 Å². The summed E-state index contributed by atoms with van der Waals surface area (Å²) in [5.74, 6) is 0. The van der Waals surface area contributed by atoms with E-state index in [1.807, 2.05) is 25.1 Å². The van der Waals surface area contributed by atoms with Crippen molar-refractivity contribution in [1.29, 1.82) is 0 Å². The Morgan fingerprint density at radius 2 is 2.00 bits per heavy atom. The molecular formula is C11H12O. The predicted molar refractivity (Wildman–Crippen MR) is 50.0 cm³/mol. The summed E-state index contributed by atoms with van der Waals surface area (Å²) in [5.41, 5.74) is 2.34. The minimum atomic E-state index is 0.832. The fourth-order valence-corrected chi connectivity index (χ4v) is 1.09. The zero-order chi connectivity index (χ0) is 8.81. The van der Waals surface area contributed by atoms with E-state index < -0.39 is 0 Å². The molecule has 1 aromatic rings. The second-order valence-corrected chi connectivity index (χ2v) is 2.81. The van der Waals surface area contributed by atoms with Crippen molar-refractivity contribution in [3.8, 4) is 0 Å². The van der Waals surface area contributed by atoms with E-state index in [9.17, 15) is 4.79 Å². The molecule has 0 saturated heterocycles. The molecule has 0 aromatic heterocycles. The van der Waals surface area contributed by atoms with Gasteiger partial charge in [0.2, 0.25) is 0 Å². The number of hydrogen-bond acceptors (Lipinski definition) is 1. The Hall–Kier alpha value is -1.37. The van der Waals surface area contributed by atoms with E-state index in [0.29, 0.717) is 0 Å². The summed E-state index contributed by atoms with van der Waals surface area (Å²) in [4.78, 5) is 10.1. The average Bonchev–Trinajstić information content (AvgIpc) is 2.06. The minimum Gasteiger partial charge on any atom is -0.299 e. The molecule has 1 aromatic carbocycles. The van der Waals surface area contributed by atoms with Crippen LogP contribution in [0.15, 0.2) is 42.0 Å². The van der Waals surface area contributed by atoms with Crippen molar-refractivity contribution < 1.29 is 4.79 Å². The molecule has 1 heteroatoms. The number of rotatable bonds is 3. The van der Waals surface area contributed by atoms with E-state index in [1.54, 1.807) is 6.08 Å². The van der Waals surface area contributed by atoms with Crippen LogP contribution in [0.2, 0.25) is 0 Å². The number of aldehydes is 1. The molecule has 0 bridgehead atoms. The van der Waals surface area contributed by atoms with Crippen LogP contribution in [0.1, 0.15) is 12.5 Å². The summed E-state index contributed by atoms with van der Waals surface area (Å²) in [6.45, 7) is 1.96. The van der Waals surface area contributed by atoms with Crippen molar-refractivity contribution in [3.63, 3.8) is 0 Å². The van der Waals surface area contributed by atoms with E-state index in [1.165, 1.54) is 5.56 Å². The third kappa shape index (κ3) is 2.70. The number of allylic oxidation sites excluding steroid dienone is 2. The molecule has 1 rings (SSSR count). The van der Waals surface area contributed by atoms with Gasteiger partial charge in [0.05, 0.1) is 0 Å². The Morgan fingerprint density at radius 1 is 1.33 bits per heavy atom. The van der Waals surface area contributed by atoms with Crippen LogP contribution < -0.4 is 0 Å². The molecule has 0 amide bonds. The van der Waals surface area contributed by atoms with Crippen LogP contribution in [0.25, 0.3) is 0 Å². The highest BCUT2D eigenvalue weighted by Gasteiger charge is 1.91. The average molecular weight is 160 g/mol. The molecular weight excluding hydrogens is 148 g/mol. The highest BCUT2D eigenvalue weighted by molar-refractivity contribution is 5.66.